The Morgan fingerprint density at radius 1 is 1.43 bits per heavy atom. The molecule has 0 N–H and O–H groups in total. The average Bonchev–Trinajstić information content (AvgIpc) is 1.31. The van der Waals surface area contributed by atoms with Gasteiger partial charge in [0.05, 0.1) is 0 Å². The van der Waals surface area contributed by atoms with E-state index < -0.39 is 7.68 Å². The largest absolute Gasteiger partial charge is 0.504 e. The summed E-state index contributed by atoms with van der Waals surface area (Å²) < 4.78 is 10.4. The first kappa shape index (κ1) is 7.16. The number of hydrogen-bond donors (Lipinski definition) is 0. The third kappa shape index (κ3) is 2.81. The minimum Gasteiger partial charge on any atom is -0.0996 e. The second kappa shape index (κ2) is 1.96. The smallest absolute Gasteiger partial charge is 0.0996 e. The van der Waals surface area contributed by atoms with Crippen LogP contribution in [-0.2, 0) is 4.57 Å². The van der Waals surface area contributed by atoms with Gasteiger partial charge in [-0.15, -0.1) is 0 Å². The Hall–Kier alpha value is 0.165. The highest BCUT2D eigenvalue weighted by Crippen LogP contribution is 2.32. The molecule has 0 aliphatic heterocycles. The standard InChI is InChI=1S/C4H9BOP/c1-4(2,3)7(5)6/h1-3H3/q+1. The van der Waals surface area contributed by atoms with Gasteiger partial charge in [-0.3, -0.25) is 0 Å². The molecule has 0 aliphatic rings. The Kier molecular flexibility index (Phi) is 2.00. The first-order valence-electron chi connectivity index (χ1n) is 2.16. The lowest BCUT2D eigenvalue weighted by Crippen LogP contribution is -2.05. The van der Waals surface area contributed by atoms with Crippen molar-refractivity contribution in [2.75, 3.05) is 0 Å². The van der Waals surface area contributed by atoms with Gasteiger partial charge < -0.3 is 0 Å². The summed E-state index contributed by atoms with van der Waals surface area (Å²) in [5, 5.41) is -0.213. The van der Waals surface area contributed by atoms with Gasteiger partial charge in [-0.05, 0) is 20.8 Å². The number of hydrogen-bond acceptors (Lipinski definition) is 1. The highest BCUT2D eigenvalue weighted by atomic mass is 31.1. The highest BCUT2D eigenvalue weighted by molar-refractivity contribution is 7.73. The minimum atomic E-state index is -1.49. The van der Waals surface area contributed by atoms with Crippen molar-refractivity contribution in [3.05, 3.63) is 0 Å². The maximum absolute atomic E-state index is 10.4. The molecule has 0 bridgehead atoms. The normalized spacial score (nSPS) is 13.9. The van der Waals surface area contributed by atoms with Gasteiger partial charge in [0.25, 0.3) is 7.68 Å². The van der Waals surface area contributed by atoms with Crippen LogP contribution in [0.25, 0.3) is 0 Å². The van der Waals surface area contributed by atoms with E-state index in [2.05, 4.69) is 0 Å². The number of rotatable bonds is 0. The molecule has 3 heteroatoms. The van der Waals surface area contributed by atoms with Crippen LogP contribution >= 0.6 is 7.68 Å². The molecule has 1 unspecified atom stereocenters. The molecule has 0 amide bonds. The average molecular weight is 115 g/mol. The molecule has 0 aromatic heterocycles. The van der Waals surface area contributed by atoms with Gasteiger partial charge in [-0.2, -0.15) is 0 Å². The first-order chi connectivity index (χ1) is 2.94. The Morgan fingerprint density at radius 3 is 1.57 bits per heavy atom. The lowest BCUT2D eigenvalue weighted by molar-refractivity contribution is 0.575. The van der Waals surface area contributed by atoms with E-state index in [1.807, 2.05) is 20.8 Å². The molecular weight excluding hydrogens is 106 g/mol. The zero-order valence-corrected chi connectivity index (χ0v) is 5.83. The third-order valence-corrected chi connectivity index (χ3v) is 1.98. The van der Waals surface area contributed by atoms with Gasteiger partial charge in [0.2, 0.25) is 0 Å². The summed E-state index contributed by atoms with van der Waals surface area (Å²) in [6, 6.07) is 0. The molecule has 0 spiro atoms. The van der Waals surface area contributed by atoms with Crippen LogP contribution in [0.2, 0.25) is 0 Å². The van der Waals surface area contributed by atoms with E-state index in [1.165, 1.54) is 0 Å². The Morgan fingerprint density at radius 2 is 1.57 bits per heavy atom. The van der Waals surface area contributed by atoms with Crippen molar-refractivity contribution in [1.29, 1.82) is 0 Å². The van der Waals surface area contributed by atoms with Crippen LogP contribution in [0.4, 0.5) is 0 Å². The van der Waals surface area contributed by atoms with Gasteiger partial charge in [0.1, 0.15) is 5.16 Å². The lowest BCUT2D eigenvalue weighted by atomic mass is 10.3. The van der Waals surface area contributed by atoms with Crippen molar-refractivity contribution in [2.45, 2.75) is 25.9 Å². The fraction of sp³-hybridized carbons (Fsp3) is 1.00. The zero-order valence-electron chi connectivity index (χ0n) is 4.93. The van der Waals surface area contributed by atoms with E-state index in [0.29, 0.717) is 0 Å². The van der Waals surface area contributed by atoms with E-state index in [9.17, 15) is 4.57 Å². The van der Waals surface area contributed by atoms with E-state index in [1.54, 1.807) is 0 Å². The van der Waals surface area contributed by atoms with Crippen LogP contribution in [0.15, 0.2) is 0 Å². The molecule has 0 aliphatic carbocycles. The molecule has 0 saturated carbocycles. The molecule has 0 heterocycles. The van der Waals surface area contributed by atoms with E-state index >= 15 is 0 Å². The predicted octanol–water partition coefficient (Wildman–Crippen LogP) is 1.70. The Labute approximate surface area is 46.6 Å². The van der Waals surface area contributed by atoms with Crippen LogP contribution in [0.5, 0.6) is 0 Å². The highest BCUT2D eigenvalue weighted by Gasteiger charge is 2.27. The van der Waals surface area contributed by atoms with Crippen LogP contribution in [-0.4, -0.2) is 12.7 Å². The van der Waals surface area contributed by atoms with Gasteiger partial charge in [-0.1, -0.05) is 4.57 Å². The summed E-state index contributed by atoms with van der Waals surface area (Å²) in [7, 11) is 3.59. The molecular formula is C4H9BOP+. The SMILES string of the molecule is [B][P+](=O)C(C)(C)C. The molecule has 0 aromatic carbocycles. The van der Waals surface area contributed by atoms with Crippen LogP contribution < -0.4 is 0 Å². The van der Waals surface area contributed by atoms with Crippen molar-refractivity contribution in [3.63, 3.8) is 0 Å². The molecule has 38 valence electrons. The summed E-state index contributed by atoms with van der Waals surface area (Å²) in [6.07, 6.45) is 0. The van der Waals surface area contributed by atoms with Crippen LogP contribution in [0, 0.1) is 0 Å². The summed E-state index contributed by atoms with van der Waals surface area (Å²) in [4.78, 5) is 0. The van der Waals surface area contributed by atoms with Crippen LogP contribution in [0.1, 0.15) is 20.8 Å². The van der Waals surface area contributed by atoms with Crippen molar-refractivity contribution >= 4 is 15.2 Å². The van der Waals surface area contributed by atoms with Gasteiger partial charge in [0, 0.05) is 0 Å². The van der Waals surface area contributed by atoms with Gasteiger partial charge in [0.15, 0.2) is 0 Å². The molecule has 0 aromatic rings. The third-order valence-electron chi connectivity index (χ3n) is 0.661. The minimum absolute atomic E-state index is 0.213. The molecule has 2 radical (unpaired) electrons. The topological polar surface area (TPSA) is 17.1 Å². The van der Waals surface area contributed by atoms with Crippen molar-refractivity contribution in [3.8, 4) is 0 Å². The maximum Gasteiger partial charge on any atom is 0.504 e. The fourth-order valence-electron chi connectivity index (χ4n) is 0. The van der Waals surface area contributed by atoms with E-state index in [4.69, 9.17) is 7.57 Å². The molecule has 7 heavy (non-hydrogen) atoms. The lowest BCUT2D eigenvalue weighted by Gasteiger charge is -2.00. The Balaban J connectivity index is 3.79. The summed E-state index contributed by atoms with van der Waals surface area (Å²) >= 11 is 0. The summed E-state index contributed by atoms with van der Waals surface area (Å²) in [6.45, 7) is 5.56. The molecule has 0 saturated heterocycles. The second-order valence-electron chi connectivity index (χ2n) is 2.50. The van der Waals surface area contributed by atoms with E-state index in [-0.39, 0.29) is 5.16 Å². The first-order valence-corrected chi connectivity index (χ1v) is 3.49. The quantitative estimate of drug-likeness (QED) is 0.346. The van der Waals surface area contributed by atoms with E-state index in [0.717, 1.165) is 0 Å². The van der Waals surface area contributed by atoms with Gasteiger partial charge in [-0.25, -0.2) is 0 Å². The second-order valence-corrected chi connectivity index (χ2v) is 4.49. The molecule has 0 rings (SSSR count). The van der Waals surface area contributed by atoms with Crippen molar-refractivity contribution in [2.24, 2.45) is 0 Å². The fourth-order valence-corrected chi connectivity index (χ4v) is 0. The molecule has 1 atom stereocenters. The van der Waals surface area contributed by atoms with Gasteiger partial charge >= 0.3 is 7.57 Å². The Bertz CT molecular complexity index is 84.2. The maximum atomic E-state index is 10.4. The van der Waals surface area contributed by atoms with Crippen LogP contribution in [0.3, 0.4) is 0 Å². The predicted molar refractivity (Wildman–Crippen MR) is 33.1 cm³/mol. The van der Waals surface area contributed by atoms with Crippen molar-refractivity contribution in [1.82, 2.24) is 0 Å². The summed E-state index contributed by atoms with van der Waals surface area (Å²) in [5.41, 5.74) is 0. The zero-order chi connectivity index (χ0) is 6.08. The van der Waals surface area contributed by atoms with Crippen molar-refractivity contribution < 1.29 is 4.57 Å². The molecule has 1 nitrogen and oxygen atoms in total. The molecule has 0 fully saturated rings. The monoisotopic (exact) mass is 115 g/mol. The summed E-state index contributed by atoms with van der Waals surface area (Å²) in [5.74, 6) is 0.